The summed E-state index contributed by atoms with van der Waals surface area (Å²) in [5, 5.41) is 1.72. The lowest BCUT2D eigenvalue weighted by Gasteiger charge is -2.18. The van der Waals surface area contributed by atoms with Gasteiger partial charge in [0.25, 0.3) is 0 Å². The van der Waals surface area contributed by atoms with Crippen molar-refractivity contribution >= 4 is 44.4 Å². The van der Waals surface area contributed by atoms with Gasteiger partial charge in [-0.2, -0.15) is 0 Å². The molecule has 2 heterocycles. The molecule has 1 aliphatic heterocycles. The summed E-state index contributed by atoms with van der Waals surface area (Å²) in [5.74, 6) is 0.798. The fourth-order valence-electron chi connectivity index (χ4n) is 3.01. The summed E-state index contributed by atoms with van der Waals surface area (Å²) in [7, 11) is 0. The minimum Gasteiger partial charge on any atom is -0.341 e. The third kappa shape index (κ3) is 2.81. The molecule has 2 aromatic carbocycles. The van der Waals surface area contributed by atoms with E-state index in [0.717, 1.165) is 45.7 Å². The van der Waals surface area contributed by atoms with Gasteiger partial charge in [-0.05, 0) is 37.1 Å². The van der Waals surface area contributed by atoms with E-state index in [-0.39, 0.29) is 0 Å². The predicted octanol–water partition coefficient (Wildman–Crippen LogP) is 5.31. The number of rotatable bonds is 2. The van der Waals surface area contributed by atoms with Crippen molar-refractivity contribution in [1.82, 2.24) is 9.97 Å². The fourth-order valence-corrected chi connectivity index (χ4v) is 3.59. The highest BCUT2D eigenvalue weighted by Crippen LogP contribution is 2.34. The monoisotopic (exact) mass is 387 g/mol. The van der Waals surface area contributed by atoms with E-state index in [9.17, 15) is 0 Å². The normalized spacial score (nSPS) is 14.6. The lowest BCUT2D eigenvalue weighted by molar-refractivity contribution is 0.909. The maximum Gasteiger partial charge on any atom is 0.226 e. The van der Waals surface area contributed by atoms with Crippen LogP contribution in [0.2, 0.25) is 5.02 Å². The van der Waals surface area contributed by atoms with E-state index in [2.05, 4.69) is 26.9 Å². The third-order valence-corrected chi connectivity index (χ3v) is 4.99. The van der Waals surface area contributed by atoms with Crippen LogP contribution in [0.25, 0.3) is 22.2 Å². The molecule has 3 nitrogen and oxygen atoms in total. The molecule has 4 rings (SSSR count). The van der Waals surface area contributed by atoms with Crippen LogP contribution in [-0.2, 0) is 0 Å². The molecule has 0 amide bonds. The summed E-state index contributed by atoms with van der Waals surface area (Å²) in [5.41, 5.74) is 2.78. The second-order valence-electron chi connectivity index (χ2n) is 5.71. The average molecular weight is 389 g/mol. The Labute approximate surface area is 148 Å². The first kappa shape index (κ1) is 14.9. The molecule has 3 aromatic rings. The second kappa shape index (κ2) is 6.10. The predicted molar refractivity (Wildman–Crippen MR) is 99.1 cm³/mol. The van der Waals surface area contributed by atoms with Crippen molar-refractivity contribution in [3.63, 3.8) is 0 Å². The van der Waals surface area contributed by atoms with Gasteiger partial charge in [0, 0.05) is 33.5 Å². The molecule has 0 bridgehead atoms. The van der Waals surface area contributed by atoms with Crippen LogP contribution in [0.15, 0.2) is 46.9 Å². The molecule has 0 atom stereocenters. The van der Waals surface area contributed by atoms with Crippen LogP contribution in [0.3, 0.4) is 0 Å². The SMILES string of the molecule is Clc1ccccc1-c1nc(N2CCCC2)nc2ccc(Br)cc12. The Balaban J connectivity index is 1.99. The second-order valence-corrected chi connectivity index (χ2v) is 7.03. The van der Waals surface area contributed by atoms with Gasteiger partial charge >= 0.3 is 0 Å². The highest BCUT2D eigenvalue weighted by atomic mass is 79.9. The van der Waals surface area contributed by atoms with Gasteiger partial charge < -0.3 is 4.90 Å². The van der Waals surface area contributed by atoms with Gasteiger partial charge in [-0.3, -0.25) is 0 Å². The summed E-state index contributed by atoms with van der Waals surface area (Å²) in [6.45, 7) is 2.04. The number of anilines is 1. The number of hydrogen-bond acceptors (Lipinski definition) is 3. The minimum atomic E-state index is 0.708. The van der Waals surface area contributed by atoms with Crippen LogP contribution in [0, 0.1) is 0 Å². The summed E-state index contributed by atoms with van der Waals surface area (Å²) in [4.78, 5) is 11.9. The fraction of sp³-hybridized carbons (Fsp3) is 0.222. The zero-order chi connectivity index (χ0) is 15.8. The van der Waals surface area contributed by atoms with Crippen molar-refractivity contribution in [2.24, 2.45) is 0 Å². The molecule has 0 aliphatic carbocycles. The molecule has 0 N–H and O–H groups in total. The van der Waals surface area contributed by atoms with Crippen molar-refractivity contribution in [3.05, 3.63) is 52.0 Å². The number of nitrogens with zero attached hydrogens (tertiary/aromatic N) is 3. The number of fused-ring (bicyclic) bond motifs is 1. The third-order valence-electron chi connectivity index (χ3n) is 4.16. The highest BCUT2D eigenvalue weighted by molar-refractivity contribution is 9.10. The Kier molecular flexibility index (Phi) is 3.95. The Morgan fingerprint density at radius 2 is 1.78 bits per heavy atom. The number of aromatic nitrogens is 2. The summed E-state index contributed by atoms with van der Waals surface area (Å²) < 4.78 is 1.01. The van der Waals surface area contributed by atoms with E-state index in [1.165, 1.54) is 12.8 Å². The molecule has 0 spiro atoms. The van der Waals surface area contributed by atoms with Gasteiger partial charge in [0.1, 0.15) is 0 Å². The number of hydrogen-bond donors (Lipinski definition) is 0. The quantitative estimate of drug-likeness (QED) is 0.595. The van der Waals surface area contributed by atoms with Crippen LogP contribution in [-0.4, -0.2) is 23.1 Å². The van der Waals surface area contributed by atoms with Gasteiger partial charge in [-0.1, -0.05) is 45.7 Å². The van der Waals surface area contributed by atoms with Crippen LogP contribution >= 0.6 is 27.5 Å². The summed E-state index contributed by atoms with van der Waals surface area (Å²) in [6.07, 6.45) is 2.40. The molecule has 0 saturated carbocycles. The molecule has 116 valence electrons. The molecule has 23 heavy (non-hydrogen) atoms. The number of halogens is 2. The van der Waals surface area contributed by atoms with Gasteiger partial charge in [-0.25, -0.2) is 9.97 Å². The van der Waals surface area contributed by atoms with Crippen molar-refractivity contribution < 1.29 is 0 Å². The van der Waals surface area contributed by atoms with Crippen LogP contribution < -0.4 is 4.90 Å². The maximum absolute atomic E-state index is 6.43. The van der Waals surface area contributed by atoms with E-state index in [1.54, 1.807) is 0 Å². The van der Waals surface area contributed by atoms with Gasteiger partial charge in [0.05, 0.1) is 11.2 Å². The summed E-state index contributed by atoms with van der Waals surface area (Å²) >= 11 is 9.97. The van der Waals surface area contributed by atoms with Gasteiger partial charge in [0.2, 0.25) is 5.95 Å². The molecule has 0 unspecified atom stereocenters. The summed E-state index contributed by atoms with van der Waals surface area (Å²) in [6, 6.07) is 13.9. The molecule has 0 radical (unpaired) electrons. The van der Waals surface area contributed by atoms with Crippen molar-refractivity contribution in [2.45, 2.75) is 12.8 Å². The lowest BCUT2D eigenvalue weighted by atomic mass is 10.1. The molecular formula is C18H15BrClN3. The van der Waals surface area contributed by atoms with Crippen LogP contribution in [0.4, 0.5) is 5.95 Å². The largest absolute Gasteiger partial charge is 0.341 e. The highest BCUT2D eigenvalue weighted by Gasteiger charge is 2.19. The average Bonchev–Trinajstić information content (AvgIpc) is 3.09. The van der Waals surface area contributed by atoms with Crippen LogP contribution in [0.5, 0.6) is 0 Å². The van der Waals surface area contributed by atoms with Crippen molar-refractivity contribution in [3.8, 4) is 11.3 Å². The first-order chi connectivity index (χ1) is 11.2. The molecule has 5 heteroatoms. The van der Waals surface area contributed by atoms with Gasteiger partial charge in [0.15, 0.2) is 0 Å². The Morgan fingerprint density at radius 3 is 2.57 bits per heavy atom. The van der Waals surface area contributed by atoms with Crippen molar-refractivity contribution in [1.29, 1.82) is 0 Å². The topological polar surface area (TPSA) is 29.0 Å². The molecule has 1 aromatic heterocycles. The van der Waals surface area contributed by atoms with Gasteiger partial charge in [-0.15, -0.1) is 0 Å². The number of benzene rings is 2. The first-order valence-corrected chi connectivity index (χ1v) is 8.86. The smallest absolute Gasteiger partial charge is 0.226 e. The standard InChI is InChI=1S/C18H15BrClN3/c19-12-7-8-16-14(11-12)17(13-5-1-2-6-15(13)20)22-18(21-16)23-9-3-4-10-23/h1-2,5-8,11H,3-4,9-10H2. The van der Waals surface area contributed by atoms with E-state index in [1.807, 2.05) is 36.4 Å². The first-order valence-electron chi connectivity index (χ1n) is 7.69. The Bertz CT molecular complexity index is 875. The van der Waals surface area contributed by atoms with E-state index < -0.39 is 0 Å². The minimum absolute atomic E-state index is 0.708. The van der Waals surface area contributed by atoms with E-state index in [0.29, 0.717) is 5.02 Å². The molecular weight excluding hydrogens is 374 g/mol. The van der Waals surface area contributed by atoms with Crippen LogP contribution in [0.1, 0.15) is 12.8 Å². The molecule has 1 aliphatic rings. The van der Waals surface area contributed by atoms with E-state index in [4.69, 9.17) is 21.6 Å². The maximum atomic E-state index is 6.43. The Hall–Kier alpha value is -1.65. The Morgan fingerprint density at radius 1 is 1.00 bits per heavy atom. The molecule has 1 fully saturated rings. The van der Waals surface area contributed by atoms with E-state index >= 15 is 0 Å². The zero-order valence-corrected chi connectivity index (χ0v) is 14.8. The van der Waals surface area contributed by atoms with Crippen molar-refractivity contribution in [2.75, 3.05) is 18.0 Å². The zero-order valence-electron chi connectivity index (χ0n) is 12.5. The molecule has 1 saturated heterocycles. The lowest BCUT2D eigenvalue weighted by Crippen LogP contribution is -2.20.